The van der Waals surface area contributed by atoms with E-state index >= 15 is 0 Å². The zero-order valence-electron chi connectivity index (χ0n) is 9.87. The molecule has 18 heavy (non-hydrogen) atoms. The second-order valence-corrected chi connectivity index (χ2v) is 5.15. The van der Waals surface area contributed by atoms with Gasteiger partial charge in [0.25, 0.3) is 0 Å². The lowest BCUT2D eigenvalue weighted by Crippen LogP contribution is -2.48. The predicted octanol–water partition coefficient (Wildman–Crippen LogP) is 0.993. The number of rotatable bonds is 4. The van der Waals surface area contributed by atoms with Gasteiger partial charge in [0.05, 0.1) is 13.2 Å². The monoisotopic (exact) mass is 269 g/mol. The lowest BCUT2D eigenvalue weighted by atomic mass is 10.2. The van der Waals surface area contributed by atoms with Crippen LogP contribution in [0.3, 0.4) is 0 Å². The van der Waals surface area contributed by atoms with Crippen LogP contribution in [0, 0.1) is 0 Å². The number of carboxylic acids is 1. The molecule has 1 aliphatic rings. The van der Waals surface area contributed by atoms with Crippen molar-refractivity contribution < 1.29 is 19.4 Å². The van der Waals surface area contributed by atoms with E-state index in [1.807, 2.05) is 17.5 Å². The first kappa shape index (κ1) is 13.0. The first-order valence-electron chi connectivity index (χ1n) is 5.81. The third-order valence-electron chi connectivity index (χ3n) is 2.86. The van der Waals surface area contributed by atoms with E-state index in [0.29, 0.717) is 26.0 Å². The minimum absolute atomic E-state index is 0.00190. The molecule has 1 atom stereocenters. The Hall–Kier alpha value is -1.40. The van der Waals surface area contributed by atoms with Crippen LogP contribution in [-0.4, -0.2) is 47.7 Å². The number of amides is 1. The van der Waals surface area contributed by atoms with Gasteiger partial charge >= 0.3 is 5.97 Å². The number of thiophene rings is 1. The van der Waals surface area contributed by atoms with Crippen LogP contribution in [0.25, 0.3) is 0 Å². The number of carboxylic acid groups (broad SMARTS) is 1. The van der Waals surface area contributed by atoms with Gasteiger partial charge in [0.15, 0.2) is 6.10 Å². The molecule has 1 N–H and O–H groups in total. The fourth-order valence-corrected chi connectivity index (χ4v) is 2.58. The smallest absolute Gasteiger partial charge is 0.334 e. The number of hydrogen-bond acceptors (Lipinski definition) is 4. The third-order valence-corrected chi connectivity index (χ3v) is 3.80. The van der Waals surface area contributed by atoms with E-state index in [0.717, 1.165) is 0 Å². The first-order chi connectivity index (χ1) is 8.66. The highest BCUT2D eigenvalue weighted by Crippen LogP contribution is 2.13. The van der Waals surface area contributed by atoms with Crippen LogP contribution in [0.2, 0.25) is 0 Å². The minimum Gasteiger partial charge on any atom is -0.479 e. The molecule has 1 fully saturated rings. The number of morpholine rings is 1. The number of carbonyl (C=O) groups is 2. The molecule has 1 aromatic heterocycles. The maximum absolute atomic E-state index is 11.9. The molecule has 0 bridgehead atoms. The van der Waals surface area contributed by atoms with Gasteiger partial charge in [0, 0.05) is 17.8 Å². The topological polar surface area (TPSA) is 66.8 Å². The Morgan fingerprint density at radius 3 is 3.06 bits per heavy atom. The zero-order chi connectivity index (χ0) is 13.0. The molecule has 1 saturated heterocycles. The summed E-state index contributed by atoms with van der Waals surface area (Å²) in [5, 5.41) is 10.8. The van der Waals surface area contributed by atoms with Crippen LogP contribution < -0.4 is 0 Å². The van der Waals surface area contributed by atoms with E-state index in [1.54, 1.807) is 16.2 Å². The largest absolute Gasteiger partial charge is 0.479 e. The quantitative estimate of drug-likeness (QED) is 0.885. The summed E-state index contributed by atoms with van der Waals surface area (Å²) in [7, 11) is 0. The molecular formula is C12H15NO4S. The van der Waals surface area contributed by atoms with Crippen molar-refractivity contribution in [2.75, 3.05) is 19.7 Å². The normalized spacial score (nSPS) is 19.8. The average molecular weight is 269 g/mol. The molecule has 0 radical (unpaired) electrons. The van der Waals surface area contributed by atoms with E-state index in [-0.39, 0.29) is 12.5 Å². The minimum atomic E-state index is -1.01. The highest BCUT2D eigenvalue weighted by molar-refractivity contribution is 7.09. The fraction of sp³-hybridized carbons (Fsp3) is 0.500. The second kappa shape index (κ2) is 5.97. The average Bonchev–Trinajstić information content (AvgIpc) is 2.89. The summed E-state index contributed by atoms with van der Waals surface area (Å²) in [5.41, 5.74) is 0. The van der Waals surface area contributed by atoms with Crippen LogP contribution >= 0.6 is 11.3 Å². The molecule has 1 amide bonds. The standard InChI is InChI=1S/C12H15NO4S/c14-11(4-3-9-2-1-7-18-9)13-5-6-17-10(8-13)12(15)16/h1-2,7,10H,3-6,8H2,(H,15,16)/t10-/m0/s1. The van der Waals surface area contributed by atoms with Gasteiger partial charge in [-0.3, -0.25) is 4.79 Å². The number of carbonyl (C=O) groups excluding carboxylic acids is 1. The summed E-state index contributed by atoms with van der Waals surface area (Å²) in [5.74, 6) is -1.01. The summed E-state index contributed by atoms with van der Waals surface area (Å²) < 4.78 is 5.08. The number of aliphatic carboxylic acids is 1. The molecule has 5 nitrogen and oxygen atoms in total. The summed E-state index contributed by atoms with van der Waals surface area (Å²) in [6.45, 7) is 0.924. The highest BCUT2D eigenvalue weighted by Gasteiger charge is 2.28. The number of aryl methyl sites for hydroxylation is 1. The maximum atomic E-state index is 11.9. The van der Waals surface area contributed by atoms with Crippen molar-refractivity contribution in [1.82, 2.24) is 4.90 Å². The van der Waals surface area contributed by atoms with Gasteiger partial charge in [-0.05, 0) is 17.9 Å². The van der Waals surface area contributed by atoms with Gasteiger partial charge < -0.3 is 14.7 Å². The van der Waals surface area contributed by atoms with Gasteiger partial charge in [0.1, 0.15) is 0 Å². The summed E-state index contributed by atoms with van der Waals surface area (Å²) in [4.78, 5) is 25.5. The molecule has 2 rings (SSSR count). The molecule has 0 saturated carbocycles. The Morgan fingerprint density at radius 1 is 1.56 bits per heavy atom. The van der Waals surface area contributed by atoms with Gasteiger partial charge in [-0.15, -0.1) is 11.3 Å². The maximum Gasteiger partial charge on any atom is 0.334 e. The molecule has 98 valence electrons. The lowest BCUT2D eigenvalue weighted by Gasteiger charge is -2.30. The predicted molar refractivity (Wildman–Crippen MR) is 66.6 cm³/mol. The van der Waals surface area contributed by atoms with Gasteiger partial charge in [0.2, 0.25) is 5.91 Å². The summed E-state index contributed by atoms with van der Waals surface area (Å²) in [6, 6.07) is 3.96. The number of hydrogen-bond donors (Lipinski definition) is 1. The van der Waals surface area contributed by atoms with Crippen molar-refractivity contribution in [2.24, 2.45) is 0 Å². The van der Waals surface area contributed by atoms with Crippen LogP contribution in [0.1, 0.15) is 11.3 Å². The Bertz CT molecular complexity index is 418. The van der Waals surface area contributed by atoms with E-state index in [4.69, 9.17) is 9.84 Å². The molecule has 2 heterocycles. The molecule has 0 aliphatic carbocycles. The molecule has 1 aromatic rings. The number of ether oxygens (including phenoxy) is 1. The highest BCUT2D eigenvalue weighted by atomic mass is 32.1. The molecule has 6 heteroatoms. The van der Waals surface area contributed by atoms with Crippen molar-refractivity contribution in [3.05, 3.63) is 22.4 Å². The Balaban J connectivity index is 1.83. The van der Waals surface area contributed by atoms with Gasteiger partial charge in [-0.1, -0.05) is 6.07 Å². The Labute approximate surface area is 109 Å². The summed E-state index contributed by atoms with van der Waals surface area (Å²) >= 11 is 1.63. The van der Waals surface area contributed by atoms with Crippen molar-refractivity contribution in [1.29, 1.82) is 0 Å². The van der Waals surface area contributed by atoms with Crippen molar-refractivity contribution in [3.8, 4) is 0 Å². The molecular weight excluding hydrogens is 254 g/mol. The van der Waals surface area contributed by atoms with Gasteiger partial charge in [-0.2, -0.15) is 0 Å². The van der Waals surface area contributed by atoms with Crippen molar-refractivity contribution in [2.45, 2.75) is 18.9 Å². The molecule has 0 unspecified atom stereocenters. The molecule has 1 aliphatic heterocycles. The second-order valence-electron chi connectivity index (χ2n) is 4.12. The Kier molecular flexibility index (Phi) is 4.33. The zero-order valence-corrected chi connectivity index (χ0v) is 10.7. The van der Waals surface area contributed by atoms with Crippen LogP contribution in [0.4, 0.5) is 0 Å². The molecule has 0 spiro atoms. The van der Waals surface area contributed by atoms with Crippen molar-refractivity contribution >= 4 is 23.2 Å². The van der Waals surface area contributed by atoms with Crippen molar-refractivity contribution in [3.63, 3.8) is 0 Å². The van der Waals surface area contributed by atoms with E-state index < -0.39 is 12.1 Å². The SMILES string of the molecule is O=C(O)[C@@H]1CN(C(=O)CCc2cccs2)CCO1. The number of nitrogens with zero attached hydrogens (tertiary/aromatic N) is 1. The van der Waals surface area contributed by atoms with Gasteiger partial charge in [-0.25, -0.2) is 4.79 Å². The van der Waals surface area contributed by atoms with Crippen LogP contribution in [0.15, 0.2) is 17.5 Å². The lowest BCUT2D eigenvalue weighted by molar-refractivity contribution is -0.159. The molecule has 0 aromatic carbocycles. The van der Waals surface area contributed by atoms with Crippen LogP contribution in [-0.2, 0) is 20.7 Å². The van der Waals surface area contributed by atoms with Crippen LogP contribution in [0.5, 0.6) is 0 Å². The van der Waals surface area contributed by atoms with E-state index in [2.05, 4.69) is 0 Å². The fourth-order valence-electron chi connectivity index (χ4n) is 1.87. The first-order valence-corrected chi connectivity index (χ1v) is 6.69. The van der Waals surface area contributed by atoms with E-state index in [9.17, 15) is 9.59 Å². The third kappa shape index (κ3) is 3.30. The van der Waals surface area contributed by atoms with E-state index in [1.165, 1.54) is 4.88 Å². The summed E-state index contributed by atoms with van der Waals surface area (Å²) in [6.07, 6.45) is 0.253. The Morgan fingerprint density at radius 2 is 2.39 bits per heavy atom.